The summed E-state index contributed by atoms with van der Waals surface area (Å²) in [5.74, 6) is 0. The molecule has 86 valence electrons. The molecule has 0 spiro atoms. The van der Waals surface area contributed by atoms with Crippen LogP contribution in [-0.2, 0) is 11.0 Å². The van der Waals surface area contributed by atoms with E-state index in [1.165, 1.54) is 0 Å². The lowest BCUT2D eigenvalue weighted by Crippen LogP contribution is -2.01. The summed E-state index contributed by atoms with van der Waals surface area (Å²) in [4.78, 5) is 0.641. The lowest BCUT2D eigenvalue weighted by molar-refractivity contribution is 0.684. The third-order valence-corrected chi connectivity index (χ3v) is 3.12. The van der Waals surface area contributed by atoms with Crippen LogP contribution in [0.5, 0.6) is 0 Å². The summed E-state index contributed by atoms with van der Waals surface area (Å²) in [6, 6.07) is 17.4. The summed E-state index contributed by atoms with van der Waals surface area (Å²) in [6.07, 6.45) is 4.05. The fourth-order valence-electron chi connectivity index (χ4n) is 1.47. The van der Waals surface area contributed by atoms with Crippen molar-refractivity contribution in [2.75, 3.05) is 0 Å². The van der Waals surface area contributed by atoms with Gasteiger partial charge in [0.25, 0.3) is 0 Å². The van der Waals surface area contributed by atoms with Crippen LogP contribution in [0.2, 0.25) is 0 Å². The molecule has 0 fully saturated rings. The second-order valence-electron chi connectivity index (χ2n) is 3.61. The highest BCUT2D eigenvalue weighted by atomic mass is 32.2. The van der Waals surface area contributed by atoms with Crippen molar-refractivity contribution in [2.24, 2.45) is 5.14 Å². The van der Waals surface area contributed by atoms with E-state index in [-0.39, 0.29) is 0 Å². The quantitative estimate of drug-likeness (QED) is 0.828. The molecule has 0 aliphatic carbocycles. The van der Waals surface area contributed by atoms with Crippen molar-refractivity contribution in [1.29, 1.82) is 0 Å². The molecule has 0 aliphatic rings. The van der Waals surface area contributed by atoms with Crippen molar-refractivity contribution in [1.82, 2.24) is 0 Å². The Kier molecular flexibility index (Phi) is 3.85. The number of benzene rings is 2. The largest absolute Gasteiger partial charge is 0.248 e. The van der Waals surface area contributed by atoms with Crippen LogP contribution in [0.3, 0.4) is 0 Å². The lowest BCUT2D eigenvalue weighted by Gasteiger charge is -1.97. The van der Waals surface area contributed by atoms with Crippen LogP contribution in [0.1, 0.15) is 11.1 Å². The van der Waals surface area contributed by atoms with Crippen LogP contribution in [0.15, 0.2) is 59.5 Å². The van der Waals surface area contributed by atoms with E-state index in [4.69, 9.17) is 5.14 Å². The number of hydrogen-bond donors (Lipinski definition) is 1. The van der Waals surface area contributed by atoms with Crippen LogP contribution in [-0.4, -0.2) is 4.21 Å². The maximum atomic E-state index is 11.0. The van der Waals surface area contributed by atoms with Gasteiger partial charge < -0.3 is 0 Å². The molecule has 0 saturated carbocycles. The molecule has 2 N–H and O–H groups in total. The van der Waals surface area contributed by atoms with Gasteiger partial charge in [-0.05, 0) is 23.3 Å². The Morgan fingerprint density at radius 1 is 0.824 bits per heavy atom. The van der Waals surface area contributed by atoms with Gasteiger partial charge in [0.1, 0.15) is 11.0 Å². The first kappa shape index (κ1) is 11.8. The summed E-state index contributed by atoms with van der Waals surface area (Å²) in [6.45, 7) is 0. The minimum atomic E-state index is -1.40. The molecule has 0 bridgehead atoms. The van der Waals surface area contributed by atoms with Gasteiger partial charge in [0.05, 0.1) is 4.90 Å². The van der Waals surface area contributed by atoms with E-state index in [1.807, 2.05) is 54.6 Å². The fraction of sp³-hybridized carbons (Fsp3) is 0. The van der Waals surface area contributed by atoms with Gasteiger partial charge in [-0.1, -0.05) is 54.6 Å². The Morgan fingerprint density at radius 3 is 1.88 bits per heavy atom. The monoisotopic (exact) mass is 243 g/mol. The SMILES string of the molecule is N[S@](=O)c1ccc(C=Cc2ccccc2)cc1. The Balaban J connectivity index is 2.14. The van der Waals surface area contributed by atoms with Crippen molar-refractivity contribution in [3.05, 3.63) is 65.7 Å². The van der Waals surface area contributed by atoms with Crippen molar-refractivity contribution < 1.29 is 4.21 Å². The summed E-state index contributed by atoms with van der Waals surface area (Å²) in [5.41, 5.74) is 2.21. The van der Waals surface area contributed by atoms with Crippen molar-refractivity contribution in [3.63, 3.8) is 0 Å². The van der Waals surface area contributed by atoms with Crippen LogP contribution >= 0.6 is 0 Å². The molecule has 0 aliphatic heterocycles. The number of rotatable bonds is 3. The van der Waals surface area contributed by atoms with E-state index < -0.39 is 11.0 Å². The highest BCUT2D eigenvalue weighted by molar-refractivity contribution is 7.82. The van der Waals surface area contributed by atoms with Gasteiger partial charge in [-0.15, -0.1) is 0 Å². The van der Waals surface area contributed by atoms with E-state index in [0.29, 0.717) is 4.90 Å². The predicted molar refractivity (Wildman–Crippen MR) is 72.4 cm³/mol. The van der Waals surface area contributed by atoms with Gasteiger partial charge in [-0.2, -0.15) is 0 Å². The fourth-order valence-corrected chi connectivity index (χ4v) is 1.87. The van der Waals surface area contributed by atoms with E-state index in [1.54, 1.807) is 12.1 Å². The molecule has 2 aromatic carbocycles. The van der Waals surface area contributed by atoms with Crippen molar-refractivity contribution >= 4 is 23.1 Å². The predicted octanol–water partition coefficient (Wildman–Crippen LogP) is 2.84. The zero-order chi connectivity index (χ0) is 12.1. The summed E-state index contributed by atoms with van der Waals surface area (Å²) >= 11 is 0. The highest BCUT2D eigenvalue weighted by Crippen LogP contribution is 2.10. The normalized spacial score (nSPS) is 12.8. The molecule has 2 rings (SSSR count). The standard InChI is InChI=1S/C14H13NOS/c15-17(16)14-10-8-13(9-11-14)7-6-12-4-2-1-3-5-12/h1-11H,15H2/t17-/m1/s1. The van der Waals surface area contributed by atoms with Crippen LogP contribution < -0.4 is 5.14 Å². The van der Waals surface area contributed by atoms with E-state index >= 15 is 0 Å². The molecule has 0 unspecified atom stereocenters. The van der Waals surface area contributed by atoms with Gasteiger partial charge in [0, 0.05) is 0 Å². The third-order valence-electron chi connectivity index (χ3n) is 2.38. The average molecular weight is 243 g/mol. The van der Waals surface area contributed by atoms with E-state index in [0.717, 1.165) is 11.1 Å². The van der Waals surface area contributed by atoms with Gasteiger partial charge in [-0.25, -0.2) is 9.35 Å². The maximum Gasteiger partial charge on any atom is 0.122 e. The minimum absolute atomic E-state index is 0.641. The smallest absolute Gasteiger partial charge is 0.122 e. The third kappa shape index (κ3) is 3.37. The zero-order valence-electron chi connectivity index (χ0n) is 9.24. The molecule has 2 aromatic rings. The first-order valence-corrected chi connectivity index (χ1v) is 6.46. The Labute approximate surface area is 103 Å². The lowest BCUT2D eigenvalue weighted by atomic mass is 10.1. The van der Waals surface area contributed by atoms with Crippen LogP contribution in [0.25, 0.3) is 12.2 Å². The van der Waals surface area contributed by atoms with Gasteiger partial charge in [0.15, 0.2) is 0 Å². The zero-order valence-corrected chi connectivity index (χ0v) is 10.1. The molecule has 0 saturated heterocycles. The number of hydrogen-bond acceptors (Lipinski definition) is 1. The molecule has 2 nitrogen and oxygen atoms in total. The first-order chi connectivity index (χ1) is 8.25. The topological polar surface area (TPSA) is 43.1 Å². The molecule has 0 amide bonds. The number of nitrogens with two attached hydrogens (primary N) is 1. The Hall–Kier alpha value is -1.71. The van der Waals surface area contributed by atoms with Gasteiger partial charge in [-0.3, -0.25) is 0 Å². The molecular formula is C14H13NOS. The van der Waals surface area contributed by atoms with Crippen molar-refractivity contribution in [2.45, 2.75) is 4.90 Å². The summed E-state index contributed by atoms with van der Waals surface area (Å²) < 4.78 is 11.0. The molecule has 0 aromatic heterocycles. The molecule has 0 heterocycles. The van der Waals surface area contributed by atoms with E-state index in [2.05, 4.69) is 0 Å². The summed E-state index contributed by atoms with van der Waals surface area (Å²) in [7, 11) is -1.40. The average Bonchev–Trinajstić information content (AvgIpc) is 2.38. The second kappa shape index (κ2) is 5.57. The van der Waals surface area contributed by atoms with Crippen LogP contribution in [0, 0.1) is 0 Å². The van der Waals surface area contributed by atoms with E-state index in [9.17, 15) is 4.21 Å². The molecule has 17 heavy (non-hydrogen) atoms. The maximum absolute atomic E-state index is 11.0. The van der Waals surface area contributed by atoms with Crippen molar-refractivity contribution in [3.8, 4) is 0 Å². The summed E-state index contributed by atoms with van der Waals surface area (Å²) in [5, 5.41) is 5.28. The highest BCUT2D eigenvalue weighted by Gasteiger charge is 1.95. The minimum Gasteiger partial charge on any atom is -0.248 e. The molecule has 3 heteroatoms. The van der Waals surface area contributed by atoms with Gasteiger partial charge >= 0.3 is 0 Å². The van der Waals surface area contributed by atoms with Crippen LogP contribution in [0.4, 0.5) is 0 Å². The molecular weight excluding hydrogens is 230 g/mol. The first-order valence-electron chi connectivity index (χ1n) is 5.25. The molecule has 0 radical (unpaired) electrons. The Bertz CT molecular complexity index is 532. The van der Waals surface area contributed by atoms with Gasteiger partial charge in [0.2, 0.25) is 0 Å². The second-order valence-corrected chi connectivity index (χ2v) is 4.68. The Morgan fingerprint density at radius 2 is 1.35 bits per heavy atom. The molecule has 1 atom stereocenters.